The third-order valence-electron chi connectivity index (χ3n) is 3.65. The number of sulfone groups is 1. The summed E-state index contributed by atoms with van der Waals surface area (Å²) < 4.78 is 21.7. The number of aliphatic carboxylic acids is 1. The Hall–Kier alpha value is -1.89. The van der Waals surface area contributed by atoms with E-state index in [2.05, 4.69) is 5.32 Å². The van der Waals surface area contributed by atoms with Crippen LogP contribution in [0.25, 0.3) is 0 Å². The van der Waals surface area contributed by atoms with Gasteiger partial charge in [-0.3, -0.25) is 9.59 Å². The first kappa shape index (κ1) is 18.2. The zero-order valence-electron chi connectivity index (χ0n) is 13.1. The van der Waals surface area contributed by atoms with Crippen molar-refractivity contribution in [3.8, 4) is 0 Å². The van der Waals surface area contributed by atoms with Gasteiger partial charge in [-0.25, -0.2) is 8.42 Å². The summed E-state index contributed by atoms with van der Waals surface area (Å²) in [5.74, 6) is -1.97. The second-order valence-electron chi connectivity index (χ2n) is 5.88. The molecule has 0 heterocycles. The Morgan fingerprint density at radius 1 is 1.23 bits per heavy atom. The lowest BCUT2D eigenvalue weighted by atomic mass is 10.0. The molecule has 1 rings (SSSR count). The molecule has 1 unspecified atom stereocenters. The van der Waals surface area contributed by atoms with E-state index in [0.717, 1.165) is 11.8 Å². The monoisotopic (exact) mass is 327 g/mol. The molecule has 1 aromatic rings. The SMILES string of the molecule is CC(Cc1ccc(NC(=O)C(C)(C)S(C)(=O)=O)cc1)C(=O)O. The zero-order chi connectivity index (χ0) is 17.1. The molecule has 22 heavy (non-hydrogen) atoms. The third kappa shape index (κ3) is 4.30. The van der Waals surface area contributed by atoms with Crippen LogP contribution in [0.15, 0.2) is 24.3 Å². The van der Waals surface area contributed by atoms with Crippen LogP contribution in [0.3, 0.4) is 0 Å². The summed E-state index contributed by atoms with van der Waals surface area (Å²) >= 11 is 0. The number of hydrogen-bond donors (Lipinski definition) is 2. The number of carbonyl (C=O) groups excluding carboxylic acids is 1. The Balaban J connectivity index is 2.81. The molecule has 0 spiro atoms. The molecular formula is C15H21NO5S. The Kier molecular flexibility index (Phi) is 5.35. The van der Waals surface area contributed by atoms with Gasteiger partial charge in [0.1, 0.15) is 4.75 Å². The van der Waals surface area contributed by atoms with Crippen LogP contribution in [0.2, 0.25) is 0 Å². The second-order valence-corrected chi connectivity index (χ2v) is 8.44. The van der Waals surface area contributed by atoms with Crippen molar-refractivity contribution >= 4 is 27.4 Å². The van der Waals surface area contributed by atoms with Crippen molar-refractivity contribution in [2.24, 2.45) is 5.92 Å². The van der Waals surface area contributed by atoms with E-state index >= 15 is 0 Å². The quantitative estimate of drug-likeness (QED) is 0.828. The molecule has 6 nitrogen and oxygen atoms in total. The fourth-order valence-electron chi connectivity index (χ4n) is 1.62. The van der Waals surface area contributed by atoms with Crippen LogP contribution in [-0.2, 0) is 25.8 Å². The molecule has 0 bridgehead atoms. The van der Waals surface area contributed by atoms with Gasteiger partial charge >= 0.3 is 5.97 Å². The number of rotatable bonds is 6. The molecule has 0 saturated heterocycles. The molecule has 122 valence electrons. The molecule has 0 aliphatic carbocycles. The number of carboxylic acid groups (broad SMARTS) is 1. The largest absolute Gasteiger partial charge is 0.481 e. The van der Waals surface area contributed by atoms with Gasteiger partial charge in [-0.2, -0.15) is 0 Å². The fourth-order valence-corrected chi connectivity index (χ4v) is 2.00. The Morgan fingerprint density at radius 3 is 2.14 bits per heavy atom. The van der Waals surface area contributed by atoms with Gasteiger partial charge in [0, 0.05) is 11.9 Å². The lowest BCUT2D eigenvalue weighted by Gasteiger charge is -2.21. The molecule has 1 aromatic carbocycles. The van der Waals surface area contributed by atoms with E-state index in [4.69, 9.17) is 5.11 Å². The van der Waals surface area contributed by atoms with Crippen LogP contribution in [0.4, 0.5) is 5.69 Å². The molecule has 0 aliphatic heterocycles. The summed E-state index contributed by atoms with van der Waals surface area (Å²) in [4.78, 5) is 22.9. The standard InChI is InChI=1S/C15H21NO5S/c1-10(13(17)18)9-11-5-7-12(8-6-11)16-14(19)15(2,3)22(4,20)21/h5-8,10H,9H2,1-4H3,(H,16,19)(H,17,18). The molecule has 1 atom stereocenters. The minimum atomic E-state index is -3.53. The highest BCUT2D eigenvalue weighted by Crippen LogP contribution is 2.19. The second kappa shape index (κ2) is 6.48. The number of carboxylic acids is 1. The molecule has 0 fully saturated rings. The van der Waals surface area contributed by atoms with Gasteiger partial charge in [-0.15, -0.1) is 0 Å². The zero-order valence-corrected chi connectivity index (χ0v) is 13.9. The summed E-state index contributed by atoms with van der Waals surface area (Å²) in [5.41, 5.74) is 1.30. The highest BCUT2D eigenvalue weighted by Gasteiger charge is 2.38. The summed E-state index contributed by atoms with van der Waals surface area (Å²) in [6.07, 6.45) is 1.40. The summed E-state index contributed by atoms with van der Waals surface area (Å²) in [5, 5.41) is 11.4. The molecule has 1 amide bonds. The maximum absolute atomic E-state index is 12.1. The highest BCUT2D eigenvalue weighted by molar-refractivity contribution is 7.92. The number of carbonyl (C=O) groups is 2. The minimum Gasteiger partial charge on any atom is -0.481 e. The Labute approximate surface area is 130 Å². The van der Waals surface area contributed by atoms with Gasteiger partial charge in [0.15, 0.2) is 9.84 Å². The number of hydrogen-bond acceptors (Lipinski definition) is 4. The van der Waals surface area contributed by atoms with E-state index in [1.54, 1.807) is 31.2 Å². The Morgan fingerprint density at radius 2 is 1.73 bits per heavy atom. The van der Waals surface area contributed by atoms with E-state index in [0.29, 0.717) is 12.1 Å². The van der Waals surface area contributed by atoms with Gasteiger partial charge in [-0.05, 0) is 38.0 Å². The topological polar surface area (TPSA) is 101 Å². The van der Waals surface area contributed by atoms with Gasteiger partial charge < -0.3 is 10.4 Å². The third-order valence-corrected chi connectivity index (χ3v) is 5.69. The van der Waals surface area contributed by atoms with Crippen LogP contribution in [0.1, 0.15) is 26.3 Å². The summed E-state index contributed by atoms with van der Waals surface area (Å²) in [6, 6.07) is 6.67. The molecule has 0 radical (unpaired) electrons. The van der Waals surface area contributed by atoms with Gasteiger partial charge in [0.05, 0.1) is 5.92 Å². The van der Waals surface area contributed by atoms with Crippen LogP contribution in [0, 0.1) is 5.92 Å². The summed E-state index contributed by atoms with van der Waals surface area (Å²) in [7, 11) is -3.53. The van der Waals surface area contributed by atoms with E-state index < -0.39 is 32.4 Å². The van der Waals surface area contributed by atoms with Crippen molar-refractivity contribution in [1.29, 1.82) is 0 Å². The van der Waals surface area contributed by atoms with Crippen LogP contribution in [0.5, 0.6) is 0 Å². The maximum Gasteiger partial charge on any atom is 0.306 e. The number of amides is 1. The molecule has 0 aromatic heterocycles. The normalized spacial score (nSPS) is 13.5. The van der Waals surface area contributed by atoms with Gasteiger partial charge in [0.25, 0.3) is 0 Å². The van der Waals surface area contributed by atoms with E-state index in [1.165, 1.54) is 13.8 Å². The van der Waals surface area contributed by atoms with Crippen molar-refractivity contribution in [2.75, 3.05) is 11.6 Å². The highest BCUT2D eigenvalue weighted by atomic mass is 32.2. The smallest absolute Gasteiger partial charge is 0.306 e. The van der Waals surface area contributed by atoms with Crippen molar-refractivity contribution in [3.63, 3.8) is 0 Å². The molecular weight excluding hydrogens is 306 g/mol. The summed E-state index contributed by atoms with van der Waals surface area (Å²) in [6.45, 7) is 4.31. The van der Waals surface area contributed by atoms with E-state index in [-0.39, 0.29) is 0 Å². The number of anilines is 1. The first-order chi connectivity index (χ1) is 9.95. The number of benzene rings is 1. The predicted octanol–water partition coefficient (Wildman–Crippen LogP) is 1.71. The van der Waals surface area contributed by atoms with Crippen molar-refractivity contribution in [3.05, 3.63) is 29.8 Å². The van der Waals surface area contributed by atoms with E-state index in [9.17, 15) is 18.0 Å². The molecule has 0 saturated carbocycles. The predicted molar refractivity (Wildman–Crippen MR) is 84.5 cm³/mol. The van der Waals surface area contributed by atoms with Gasteiger partial charge in [-0.1, -0.05) is 19.1 Å². The van der Waals surface area contributed by atoms with Crippen molar-refractivity contribution < 1.29 is 23.1 Å². The first-order valence-electron chi connectivity index (χ1n) is 6.78. The first-order valence-corrected chi connectivity index (χ1v) is 8.67. The Bertz CT molecular complexity index is 662. The van der Waals surface area contributed by atoms with Gasteiger partial charge in [0.2, 0.25) is 5.91 Å². The van der Waals surface area contributed by atoms with Crippen molar-refractivity contribution in [2.45, 2.75) is 31.9 Å². The minimum absolute atomic E-state index is 0.387. The lowest BCUT2D eigenvalue weighted by Crippen LogP contribution is -2.43. The fraction of sp³-hybridized carbons (Fsp3) is 0.467. The number of nitrogens with one attached hydrogen (secondary N) is 1. The van der Waals surface area contributed by atoms with Crippen LogP contribution >= 0.6 is 0 Å². The van der Waals surface area contributed by atoms with Crippen LogP contribution in [-0.4, -0.2) is 36.4 Å². The molecule has 2 N–H and O–H groups in total. The van der Waals surface area contributed by atoms with Crippen LogP contribution < -0.4 is 5.32 Å². The average Bonchev–Trinajstić information content (AvgIpc) is 2.39. The van der Waals surface area contributed by atoms with Crippen molar-refractivity contribution in [1.82, 2.24) is 0 Å². The maximum atomic E-state index is 12.1. The lowest BCUT2D eigenvalue weighted by molar-refractivity contribution is -0.141. The average molecular weight is 327 g/mol. The van der Waals surface area contributed by atoms with E-state index in [1.807, 2.05) is 0 Å². The molecule has 0 aliphatic rings. The molecule has 7 heteroatoms.